The molecule has 0 spiro atoms. The summed E-state index contributed by atoms with van der Waals surface area (Å²) >= 11 is 0. The van der Waals surface area contributed by atoms with Crippen molar-refractivity contribution in [2.45, 2.75) is 81.2 Å². The first-order valence-corrected chi connectivity index (χ1v) is 16.2. The smallest absolute Gasteiger partial charge is 0.407 e. The Hall–Kier alpha value is -3.53. The lowest BCUT2D eigenvalue weighted by molar-refractivity contribution is -0.127. The molecule has 4 N–H and O–H groups in total. The van der Waals surface area contributed by atoms with Gasteiger partial charge in [-0.3, -0.25) is 9.00 Å². The van der Waals surface area contributed by atoms with E-state index in [0.717, 1.165) is 22.3 Å². The molecule has 0 radical (unpaired) electrons. The van der Waals surface area contributed by atoms with Gasteiger partial charge in [-0.1, -0.05) is 66.7 Å². The predicted molar refractivity (Wildman–Crippen MR) is 167 cm³/mol. The highest BCUT2D eigenvalue weighted by atomic mass is 32.2. The van der Waals surface area contributed by atoms with Crippen molar-refractivity contribution in [3.05, 3.63) is 101 Å². The van der Waals surface area contributed by atoms with Crippen LogP contribution in [0.25, 0.3) is 0 Å². The van der Waals surface area contributed by atoms with Crippen LogP contribution in [0.4, 0.5) is 4.79 Å². The topological polar surface area (TPSA) is 125 Å². The zero-order chi connectivity index (χ0) is 31.1. The molecule has 9 heteroatoms. The number of hydrogen-bond acceptors (Lipinski definition) is 6. The van der Waals surface area contributed by atoms with Crippen LogP contribution in [0.3, 0.4) is 0 Å². The summed E-state index contributed by atoms with van der Waals surface area (Å²) in [6.45, 7) is 5.31. The number of fused-ring (bicyclic) bond motifs is 1. The van der Waals surface area contributed by atoms with Crippen LogP contribution >= 0.6 is 0 Å². The molecule has 0 saturated heterocycles. The van der Waals surface area contributed by atoms with Crippen molar-refractivity contribution < 1.29 is 28.7 Å². The molecule has 3 aromatic rings. The largest absolute Gasteiger partial charge is 0.444 e. The predicted octanol–water partition coefficient (Wildman–Crippen LogP) is 4.24. The van der Waals surface area contributed by atoms with Crippen LogP contribution in [0.15, 0.2) is 83.8 Å². The standard InChI is InChI=1S/C34H42N2O6S/c1-34(2,3)42-33(40)35-28(19-22-10-6-5-7-11-22)29(37)21-25(18-23-14-16-26(17-15-23)43(4)41)32(39)36-31-27-13-9-8-12-24(27)20-30(31)38/h5-17,25,28-31,37-38H,18-21H2,1-4H3,(H,35,40)(H,36,39)/t25-,28+,29+,30-,31+,43?/m1/s1. The summed E-state index contributed by atoms with van der Waals surface area (Å²) in [6.07, 6.45) is 0.236. The van der Waals surface area contributed by atoms with E-state index in [1.54, 1.807) is 39.2 Å². The second-order valence-electron chi connectivity index (χ2n) is 12.2. The van der Waals surface area contributed by atoms with Crippen molar-refractivity contribution >= 4 is 22.8 Å². The highest BCUT2D eigenvalue weighted by Crippen LogP contribution is 2.32. The third-order valence-corrected chi connectivity index (χ3v) is 8.54. The third kappa shape index (κ3) is 9.23. The molecule has 1 aliphatic rings. The Kier molecular flexibility index (Phi) is 10.8. The third-order valence-electron chi connectivity index (χ3n) is 7.60. The molecule has 0 saturated carbocycles. The van der Waals surface area contributed by atoms with Gasteiger partial charge in [-0.05, 0) is 74.4 Å². The van der Waals surface area contributed by atoms with Crippen LogP contribution in [-0.2, 0) is 39.6 Å². The molecule has 6 atom stereocenters. The van der Waals surface area contributed by atoms with Gasteiger partial charge < -0.3 is 25.6 Å². The number of alkyl carbamates (subject to hydrolysis) is 1. The van der Waals surface area contributed by atoms with E-state index in [4.69, 9.17) is 4.74 Å². The van der Waals surface area contributed by atoms with Gasteiger partial charge in [0.05, 0.1) is 24.3 Å². The summed E-state index contributed by atoms with van der Waals surface area (Å²) in [6, 6.07) is 23.1. The van der Waals surface area contributed by atoms with E-state index in [-0.39, 0.29) is 12.3 Å². The molecular weight excluding hydrogens is 564 g/mol. The Morgan fingerprint density at radius 2 is 1.58 bits per heavy atom. The summed E-state index contributed by atoms with van der Waals surface area (Å²) < 4.78 is 17.4. The zero-order valence-corrected chi connectivity index (χ0v) is 26.0. The average molecular weight is 607 g/mol. The summed E-state index contributed by atoms with van der Waals surface area (Å²) in [5, 5.41) is 28.2. The van der Waals surface area contributed by atoms with Crippen molar-refractivity contribution in [3.63, 3.8) is 0 Å². The van der Waals surface area contributed by atoms with Crippen molar-refractivity contribution in [1.29, 1.82) is 0 Å². The van der Waals surface area contributed by atoms with Crippen LogP contribution in [0.5, 0.6) is 0 Å². The fourth-order valence-electron chi connectivity index (χ4n) is 5.47. The van der Waals surface area contributed by atoms with Gasteiger partial charge in [0.1, 0.15) is 5.60 Å². The van der Waals surface area contributed by atoms with E-state index in [0.29, 0.717) is 24.2 Å². The van der Waals surface area contributed by atoms with E-state index in [1.807, 2.05) is 66.7 Å². The Morgan fingerprint density at radius 3 is 2.23 bits per heavy atom. The van der Waals surface area contributed by atoms with Crippen molar-refractivity contribution in [2.75, 3.05) is 6.26 Å². The van der Waals surface area contributed by atoms with E-state index in [1.165, 1.54) is 0 Å². The number of benzene rings is 3. The second kappa shape index (κ2) is 14.3. The first kappa shape index (κ1) is 32.4. The summed E-state index contributed by atoms with van der Waals surface area (Å²) in [4.78, 5) is 27.3. The van der Waals surface area contributed by atoms with Gasteiger partial charge in [-0.2, -0.15) is 0 Å². The molecule has 3 aromatic carbocycles. The molecule has 2 amide bonds. The first-order chi connectivity index (χ1) is 20.4. The Balaban J connectivity index is 1.58. The highest BCUT2D eigenvalue weighted by molar-refractivity contribution is 7.84. The Bertz CT molecular complexity index is 1410. The van der Waals surface area contributed by atoms with Crippen molar-refractivity contribution in [2.24, 2.45) is 5.92 Å². The molecule has 0 bridgehead atoms. The lowest BCUT2D eigenvalue weighted by atomic mass is 9.88. The van der Waals surface area contributed by atoms with Crippen LogP contribution in [0, 0.1) is 5.92 Å². The molecule has 0 aromatic heterocycles. The number of amides is 2. The molecule has 230 valence electrons. The van der Waals surface area contributed by atoms with E-state index < -0.39 is 52.7 Å². The average Bonchev–Trinajstić information content (AvgIpc) is 3.26. The fourth-order valence-corrected chi connectivity index (χ4v) is 5.99. The minimum Gasteiger partial charge on any atom is -0.444 e. The number of carbonyl (C=O) groups is 2. The molecule has 0 heterocycles. The van der Waals surface area contributed by atoms with Gasteiger partial charge in [0, 0.05) is 34.3 Å². The normalized spacial score (nSPS) is 19.0. The maximum atomic E-state index is 13.9. The number of rotatable bonds is 11. The quantitative estimate of drug-likeness (QED) is 0.259. The minimum atomic E-state index is -1.13. The monoisotopic (exact) mass is 606 g/mol. The number of hydrogen-bond donors (Lipinski definition) is 4. The summed E-state index contributed by atoms with van der Waals surface area (Å²) in [7, 11) is -1.13. The Morgan fingerprint density at radius 1 is 0.953 bits per heavy atom. The van der Waals surface area contributed by atoms with E-state index >= 15 is 0 Å². The lowest BCUT2D eigenvalue weighted by Gasteiger charge is -2.29. The van der Waals surface area contributed by atoms with Crippen molar-refractivity contribution in [1.82, 2.24) is 10.6 Å². The molecule has 1 aliphatic carbocycles. The number of aliphatic hydroxyl groups excluding tert-OH is 2. The maximum absolute atomic E-state index is 13.9. The second-order valence-corrected chi connectivity index (χ2v) is 13.6. The van der Waals surface area contributed by atoms with Gasteiger partial charge in [0.25, 0.3) is 0 Å². The van der Waals surface area contributed by atoms with E-state index in [9.17, 15) is 24.0 Å². The summed E-state index contributed by atoms with van der Waals surface area (Å²) in [5.74, 6) is -0.995. The number of carbonyl (C=O) groups excluding carboxylic acids is 2. The van der Waals surface area contributed by atoms with E-state index in [2.05, 4.69) is 10.6 Å². The maximum Gasteiger partial charge on any atom is 0.407 e. The van der Waals surface area contributed by atoms with Crippen molar-refractivity contribution in [3.8, 4) is 0 Å². The molecule has 0 aliphatic heterocycles. The van der Waals surface area contributed by atoms with Gasteiger partial charge in [-0.25, -0.2) is 4.79 Å². The molecule has 4 rings (SSSR count). The molecular formula is C34H42N2O6S. The highest BCUT2D eigenvalue weighted by Gasteiger charge is 2.35. The van der Waals surface area contributed by atoms with Gasteiger partial charge >= 0.3 is 6.09 Å². The van der Waals surface area contributed by atoms with Gasteiger partial charge in [-0.15, -0.1) is 0 Å². The fraction of sp³-hybridized carbons (Fsp3) is 0.412. The van der Waals surface area contributed by atoms with Gasteiger partial charge in [0.2, 0.25) is 5.91 Å². The first-order valence-electron chi connectivity index (χ1n) is 14.6. The summed E-state index contributed by atoms with van der Waals surface area (Å²) in [5.41, 5.74) is 2.91. The zero-order valence-electron chi connectivity index (χ0n) is 25.2. The number of ether oxygens (including phenoxy) is 1. The van der Waals surface area contributed by atoms with Crippen LogP contribution in [0.1, 0.15) is 55.5 Å². The Labute approximate surface area is 256 Å². The minimum absolute atomic E-state index is 0.0467. The van der Waals surface area contributed by atoms with Gasteiger partial charge in [0.15, 0.2) is 0 Å². The SMILES string of the molecule is CS(=O)c1ccc(C[C@H](C[C@H](O)[C@H](Cc2ccccc2)NC(=O)OC(C)(C)C)C(=O)N[C@H]2c3ccccc3C[C@H]2O)cc1. The van der Waals surface area contributed by atoms with Crippen LogP contribution in [-0.4, -0.2) is 56.5 Å². The molecule has 1 unspecified atom stereocenters. The van der Waals surface area contributed by atoms with Crippen LogP contribution < -0.4 is 10.6 Å². The lowest BCUT2D eigenvalue weighted by Crippen LogP contribution is -2.48. The molecule has 43 heavy (non-hydrogen) atoms. The number of aliphatic hydroxyl groups is 2. The molecule has 0 fully saturated rings. The molecule has 8 nitrogen and oxygen atoms in total. The number of nitrogens with one attached hydrogen (secondary N) is 2. The van der Waals surface area contributed by atoms with Crippen LogP contribution in [0.2, 0.25) is 0 Å².